The van der Waals surface area contributed by atoms with Gasteiger partial charge in [-0.2, -0.15) is 0 Å². The minimum atomic E-state index is 0.0104. The van der Waals surface area contributed by atoms with E-state index in [1.807, 2.05) is 17.9 Å². The van der Waals surface area contributed by atoms with Gasteiger partial charge in [-0.15, -0.1) is 0 Å². The average molecular weight is 295 g/mol. The van der Waals surface area contributed by atoms with E-state index in [0.717, 1.165) is 17.4 Å². The van der Waals surface area contributed by atoms with Gasteiger partial charge >= 0.3 is 0 Å². The number of anilines is 1. The van der Waals surface area contributed by atoms with Gasteiger partial charge in [0.2, 0.25) is 0 Å². The second kappa shape index (κ2) is 4.92. The molecule has 90 valence electrons. The highest BCUT2D eigenvalue weighted by Crippen LogP contribution is 2.21. The predicted octanol–water partition coefficient (Wildman–Crippen LogP) is 2.82. The Balaban J connectivity index is 2.25. The van der Waals surface area contributed by atoms with E-state index in [2.05, 4.69) is 22.0 Å². The Bertz CT molecular complexity index is 482. The molecule has 0 saturated heterocycles. The number of amides is 1. The highest BCUT2D eigenvalue weighted by atomic mass is 79.9. The number of rotatable bonds is 1. The lowest BCUT2D eigenvalue weighted by Gasteiger charge is -2.26. The molecular weight excluding hydrogens is 280 g/mol. The molecule has 0 unspecified atom stereocenters. The first-order valence-corrected chi connectivity index (χ1v) is 6.37. The minimum absolute atomic E-state index is 0.0104. The lowest BCUT2D eigenvalue weighted by atomic mass is 10.1. The Morgan fingerprint density at radius 3 is 2.94 bits per heavy atom. The van der Waals surface area contributed by atoms with Gasteiger partial charge < -0.3 is 10.6 Å². The van der Waals surface area contributed by atoms with E-state index in [4.69, 9.17) is 5.73 Å². The summed E-state index contributed by atoms with van der Waals surface area (Å²) in [6.45, 7) is 3.51. The standard InChI is InChI=1S/C13H15BrN2O/c1-9-3-2-6-16(8-9)13(17)11-7-10(14)4-5-12(11)15/h3-5,7H,2,6,8,15H2,1H3. The second-order valence-electron chi connectivity index (χ2n) is 4.30. The third-order valence-corrected chi connectivity index (χ3v) is 3.36. The molecule has 3 nitrogen and oxygen atoms in total. The molecule has 0 saturated carbocycles. The van der Waals surface area contributed by atoms with Crippen LogP contribution in [-0.4, -0.2) is 23.9 Å². The van der Waals surface area contributed by atoms with Crippen LogP contribution in [-0.2, 0) is 0 Å². The van der Waals surface area contributed by atoms with Crippen LogP contribution in [0.2, 0.25) is 0 Å². The van der Waals surface area contributed by atoms with Crippen molar-refractivity contribution in [3.05, 3.63) is 39.9 Å². The number of carbonyl (C=O) groups excluding carboxylic acids is 1. The van der Waals surface area contributed by atoms with Crippen LogP contribution in [0.5, 0.6) is 0 Å². The molecule has 1 aromatic carbocycles. The molecule has 0 aromatic heterocycles. The van der Waals surface area contributed by atoms with Crippen LogP contribution in [0.4, 0.5) is 5.69 Å². The van der Waals surface area contributed by atoms with Crippen LogP contribution in [0.15, 0.2) is 34.3 Å². The van der Waals surface area contributed by atoms with Crippen molar-refractivity contribution in [1.29, 1.82) is 0 Å². The minimum Gasteiger partial charge on any atom is -0.398 e. The van der Waals surface area contributed by atoms with Crippen LogP contribution in [0.25, 0.3) is 0 Å². The van der Waals surface area contributed by atoms with E-state index in [0.29, 0.717) is 17.8 Å². The van der Waals surface area contributed by atoms with Crippen molar-refractivity contribution in [2.45, 2.75) is 13.3 Å². The molecule has 0 spiro atoms. The van der Waals surface area contributed by atoms with E-state index in [-0.39, 0.29) is 5.91 Å². The number of hydrogen-bond donors (Lipinski definition) is 1. The van der Waals surface area contributed by atoms with Crippen molar-refractivity contribution in [2.75, 3.05) is 18.8 Å². The molecule has 0 bridgehead atoms. The van der Waals surface area contributed by atoms with Gasteiger partial charge in [0.25, 0.3) is 5.91 Å². The molecule has 4 heteroatoms. The van der Waals surface area contributed by atoms with Gasteiger partial charge in [0.05, 0.1) is 5.56 Å². The summed E-state index contributed by atoms with van der Waals surface area (Å²) in [5.41, 5.74) is 8.19. The SMILES string of the molecule is CC1=CCCN(C(=O)c2cc(Br)ccc2N)C1. The van der Waals surface area contributed by atoms with Crippen LogP contribution in [0.1, 0.15) is 23.7 Å². The topological polar surface area (TPSA) is 46.3 Å². The summed E-state index contributed by atoms with van der Waals surface area (Å²) in [4.78, 5) is 14.2. The normalized spacial score (nSPS) is 15.6. The molecule has 1 aliphatic rings. The van der Waals surface area contributed by atoms with Crippen LogP contribution in [0, 0.1) is 0 Å². The molecule has 0 aliphatic carbocycles. The molecule has 2 rings (SSSR count). The van der Waals surface area contributed by atoms with Crippen LogP contribution >= 0.6 is 15.9 Å². The number of hydrogen-bond acceptors (Lipinski definition) is 2. The van der Waals surface area contributed by atoms with Gasteiger partial charge in [0.1, 0.15) is 0 Å². The zero-order valence-electron chi connectivity index (χ0n) is 9.74. The van der Waals surface area contributed by atoms with Gasteiger partial charge in [0.15, 0.2) is 0 Å². The average Bonchev–Trinajstić information content (AvgIpc) is 2.31. The summed E-state index contributed by atoms with van der Waals surface area (Å²) in [6.07, 6.45) is 3.10. The van der Waals surface area contributed by atoms with Crippen LogP contribution < -0.4 is 5.73 Å². The second-order valence-corrected chi connectivity index (χ2v) is 5.21. The summed E-state index contributed by atoms with van der Waals surface area (Å²) in [5, 5.41) is 0. The lowest BCUT2D eigenvalue weighted by molar-refractivity contribution is 0.0767. The van der Waals surface area contributed by atoms with Crippen LogP contribution in [0.3, 0.4) is 0 Å². The number of nitrogen functional groups attached to an aromatic ring is 1. The maximum atomic E-state index is 12.3. The summed E-state index contributed by atoms with van der Waals surface area (Å²) in [7, 11) is 0. The highest BCUT2D eigenvalue weighted by Gasteiger charge is 2.20. The number of benzene rings is 1. The lowest BCUT2D eigenvalue weighted by Crippen LogP contribution is -2.35. The molecule has 0 fully saturated rings. The fourth-order valence-corrected chi connectivity index (χ4v) is 2.33. The molecule has 0 atom stereocenters. The molecular formula is C13H15BrN2O. The summed E-state index contributed by atoms with van der Waals surface area (Å²) < 4.78 is 0.874. The number of nitrogens with zero attached hydrogens (tertiary/aromatic N) is 1. The Morgan fingerprint density at radius 1 is 1.47 bits per heavy atom. The zero-order chi connectivity index (χ0) is 12.4. The van der Waals surface area contributed by atoms with Gasteiger partial charge in [-0.05, 0) is 31.5 Å². The fraction of sp³-hybridized carbons (Fsp3) is 0.308. The molecule has 1 heterocycles. The quantitative estimate of drug-likeness (QED) is 0.639. The Hall–Kier alpha value is -1.29. The third-order valence-electron chi connectivity index (χ3n) is 2.87. The van der Waals surface area contributed by atoms with Crippen molar-refractivity contribution in [1.82, 2.24) is 4.90 Å². The van der Waals surface area contributed by atoms with Crippen molar-refractivity contribution in [2.24, 2.45) is 0 Å². The molecule has 1 aromatic rings. The van der Waals surface area contributed by atoms with Crippen molar-refractivity contribution >= 4 is 27.5 Å². The first kappa shape index (κ1) is 12.2. The molecule has 1 amide bonds. The van der Waals surface area contributed by atoms with Gasteiger partial charge in [-0.25, -0.2) is 0 Å². The van der Waals surface area contributed by atoms with E-state index in [1.165, 1.54) is 5.57 Å². The smallest absolute Gasteiger partial charge is 0.256 e. The molecule has 1 aliphatic heterocycles. The summed E-state index contributed by atoms with van der Waals surface area (Å²) in [5.74, 6) is 0.0104. The monoisotopic (exact) mass is 294 g/mol. The maximum Gasteiger partial charge on any atom is 0.256 e. The van der Waals surface area contributed by atoms with Crippen molar-refractivity contribution in [3.63, 3.8) is 0 Å². The number of nitrogens with two attached hydrogens (primary N) is 1. The number of carbonyl (C=O) groups is 1. The van der Waals surface area contributed by atoms with Crippen molar-refractivity contribution in [3.8, 4) is 0 Å². The third kappa shape index (κ3) is 2.69. The Labute approximate surface area is 109 Å². The molecule has 2 N–H and O–H groups in total. The Kier molecular flexibility index (Phi) is 3.52. The summed E-state index contributed by atoms with van der Waals surface area (Å²) in [6, 6.07) is 5.38. The maximum absolute atomic E-state index is 12.3. The fourth-order valence-electron chi connectivity index (χ4n) is 1.97. The highest BCUT2D eigenvalue weighted by molar-refractivity contribution is 9.10. The van der Waals surface area contributed by atoms with E-state index < -0.39 is 0 Å². The molecule has 0 radical (unpaired) electrons. The van der Waals surface area contributed by atoms with E-state index in [1.54, 1.807) is 12.1 Å². The first-order chi connectivity index (χ1) is 8.08. The predicted molar refractivity (Wildman–Crippen MR) is 72.8 cm³/mol. The largest absolute Gasteiger partial charge is 0.398 e. The van der Waals surface area contributed by atoms with Crippen molar-refractivity contribution < 1.29 is 4.79 Å². The summed E-state index contributed by atoms with van der Waals surface area (Å²) >= 11 is 3.36. The van der Waals surface area contributed by atoms with Gasteiger partial charge in [-0.3, -0.25) is 4.79 Å². The van der Waals surface area contributed by atoms with E-state index >= 15 is 0 Å². The number of halogens is 1. The van der Waals surface area contributed by atoms with Gasteiger partial charge in [0, 0.05) is 23.2 Å². The zero-order valence-corrected chi connectivity index (χ0v) is 11.3. The van der Waals surface area contributed by atoms with E-state index in [9.17, 15) is 4.79 Å². The first-order valence-electron chi connectivity index (χ1n) is 5.58. The molecule has 17 heavy (non-hydrogen) atoms. The Morgan fingerprint density at radius 2 is 2.24 bits per heavy atom. The van der Waals surface area contributed by atoms with Gasteiger partial charge in [-0.1, -0.05) is 27.6 Å².